The van der Waals surface area contributed by atoms with Crippen LogP contribution in [-0.4, -0.2) is 65.6 Å². The highest BCUT2D eigenvalue weighted by Crippen LogP contribution is 2.23. The largest absolute Gasteiger partial charge is 0.445 e. The van der Waals surface area contributed by atoms with Crippen LogP contribution >= 0.6 is 0 Å². The van der Waals surface area contributed by atoms with E-state index in [0.717, 1.165) is 18.1 Å². The SMILES string of the molecule is CS(=O)(=O)OC[C@@H]1C[C@@H](OS(C)(=O)=O)CN1C(=O)OCc1ccccc1. The molecule has 9 nitrogen and oxygen atoms in total. The summed E-state index contributed by atoms with van der Waals surface area (Å²) in [6.45, 7) is -0.311. The van der Waals surface area contributed by atoms with E-state index in [4.69, 9.17) is 13.1 Å². The minimum absolute atomic E-state index is 0.0351. The molecule has 0 N–H and O–H groups in total. The lowest BCUT2D eigenvalue weighted by Crippen LogP contribution is -2.39. The van der Waals surface area contributed by atoms with Crippen molar-refractivity contribution < 1.29 is 34.7 Å². The molecule has 0 aromatic heterocycles. The van der Waals surface area contributed by atoms with Crippen LogP contribution in [0.2, 0.25) is 0 Å². The summed E-state index contributed by atoms with van der Waals surface area (Å²) in [5, 5.41) is 0. The molecule has 2 atom stereocenters. The summed E-state index contributed by atoms with van der Waals surface area (Å²) >= 11 is 0. The predicted octanol–water partition coefficient (Wildman–Crippen LogP) is 0.719. The van der Waals surface area contributed by atoms with E-state index in [1.54, 1.807) is 24.3 Å². The molecule has 1 aliphatic rings. The third-order valence-corrected chi connectivity index (χ3v) is 4.79. The second-order valence-electron chi connectivity index (χ2n) is 5.99. The number of likely N-dealkylation sites (tertiary alicyclic amines) is 1. The van der Waals surface area contributed by atoms with Crippen molar-refractivity contribution in [1.82, 2.24) is 4.90 Å². The van der Waals surface area contributed by atoms with Crippen molar-refractivity contribution in [2.24, 2.45) is 0 Å². The molecule has 1 fully saturated rings. The Kier molecular flexibility index (Phi) is 6.61. The van der Waals surface area contributed by atoms with Gasteiger partial charge in [-0.05, 0) is 12.0 Å². The Morgan fingerprint density at radius 2 is 1.77 bits per heavy atom. The maximum Gasteiger partial charge on any atom is 0.410 e. The molecular weight excluding hydrogens is 386 g/mol. The van der Waals surface area contributed by atoms with Crippen LogP contribution in [-0.2, 0) is 39.9 Å². The lowest BCUT2D eigenvalue weighted by molar-refractivity contribution is 0.0811. The normalized spacial score (nSPS) is 20.9. The Balaban J connectivity index is 2.03. The van der Waals surface area contributed by atoms with Crippen LogP contribution in [0.3, 0.4) is 0 Å². The van der Waals surface area contributed by atoms with Crippen LogP contribution in [0.1, 0.15) is 12.0 Å². The highest BCUT2D eigenvalue weighted by molar-refractivity contribution is 7.86. The molecule has 0 spiro atoms. The van der Waals surface area contributed by atoms with Gasteiger partial charge in [-0.1, -0.05) is 30.3 Å². The first-order valence-corrected chi connectivity index (χ1v) is 11.4. The molecule has 1 aromatic rings. The Labute approximate surface area is 153 Å². The van der Waals surface area contributed by atoms with Gasteiger partial charge >= 0.3 is 6.09 Å². The molecule has 0 radical (unpaired) electrons. The van der Waals surface area contributed by atoms with E-state index in [2.05, 4.69) is 0 Å². The predicted molar refractivity (Wildman–Crippen MR) is 92.3 cm³/mol. The van der Waals surface area contributed by atoms with Gasteiger partial charge in [0.05, 0.1) is 37.8 Å². The van der Waals surface area contributed by atoms with E-state index >= 15 is 0 Å². The van der Waals surface area contributed by atoms with Gasteiger partial charge in [-0.3, -0.25) is 8.37 Å². The maximum atomic E-state index is 12.4. The first-order chi connectivity index (χ1) is 12.0. The summed E-state index contributed by atoms with van der Waals surface area (Å²) in [5.74, 6) is 0. The Hall–Kier alpha value is -1.69. The first-order valence-electron chi connectivity index (χ1n) is 7.73. The molecule has 0 aliphatic carbocycles. The maximum absolute atomic E-state index is 12.4. The van der Waals surface area contributed by atoms with Crippen molar-refractivity contribution in [3.63, 3.8) is 0 Å². The minimum Gasteiger partial charge on any atom is -0.445 e. The van der Waals surface area contributed by atoms with Crippen LogP contribution in [0, 0.1) is 0 Å². The summed E-state index contributed by atoms with van der Waals surface area (Å²) in [4.78, 5) is 13.6. The van der Waals surface area contributed by atoms with Gasteiger partial charge in [-0.15, -0.1) is 0 Å². The summed E-state index contributed by atoms with van der Waals surface area (Å²) in [6, 6.07) is 8.33. The van der Waals surface area contributed by atoms with Crippen LogP contribution in [0.5, 0.6) is 0 Å². The van der Waals surface area contributed by atoms with Gasteiger partial charge in [-0.25, -0.2) is 4.79 Å². The number of rotatable bonds is 7. The quantitative estimate of drug-likeness (QED) is 0.607. The number of hydrogen-bond acceptors (Lipinski definition) is 8. The smallest absolute Gasteiger partial charge is 0.410 e. The average molecular weight is 407 g/mol. The second-order valence-corrected chi connectivity index (χ2v) is 9.24. The molecule has 11 heteroatoms. The summed E-state index contributed by atoms with van der Waals surface area (Å²) < 4.78 is 59.9. The Morgan fingerprint density at radius 1 is 1.12 bits per heavy atom. The van der Waals surface area contributed by atoms with Crippen molar-refractivity contribution in [2.75, 3.05) is 25.7 Å². The van der Waals surface area contributed by atoms with Crippen LogP contribution in [0.15, 0.2) is 30.3 Å². The molecule has 2 rings (SSSR count). The average Bonchev–Trinajstić information content (AvgIpc) is 2.92. The number of ether oxygens (including phenoxy) is 1. The molecule has 0 unspecified atom stereocenters. The molecule has 0 bridgehead atoms. The van der Waals surface area contributed by atoms with Gasteiger partial charge in [0.2, 0.25) is 0 Å². The molecule has 1 saturated heterocycles. The second kappa shape index (κ2) is 8.33. The van der Waals surface area contributed by atoms with E-state index < -0.39 is 38.5 Å². The minimum atomic E-state index is -3.72. The van der Waals surface area contributed by atoms with Gasteiger partial charge in [0, 0.05) is 0 Å². The zero-order chi connectivity index (χ0) is 19.4. The molecule has 26 heavy (non-hydrogen) atoms. The van der Waals surface area contributed by atoms with Gasteiger partial charge in [0.15, 0.2) is 0 Å². The molecule has 146 valence electrons. The highest BCUT2D eigenvalue weighted by Gasteiger charge is 2.39. The van der Waals surface area contributed by atoms with Crippen molar-refractivity contribution in [2.45, 2.75) is 25.2 Å². The lowest BCUT2D eigenvalue weighted by Gasteiger charge is -2.23. The van der Waals surface area contributed by atoms with Crippen LogP contribution in [0.25, 0.3) is 0 Å². The number of carbonyl (C=O) groups is 1. The standard InChI is InChI=1S/C15H21NO8S2/c1-25(18,19)23-11-13-8-14(24-26(2,20)21)9-16(13)15(17)22-10-12-6-4-3-5-7-12/h3-7,13-14H,8-11H2,1-2H3/t13-,14+/m0/s1. The van der Waals surface area contributed by atoms with Gasteiger partial charge in [0.1, 0.15) is 6.61 Å². The van der Waals surface area contributed by atoms with E-state index in [9.17, 15) is 21.6 Å². The summed E-state index contributed by atoms with van der Waals surface area (Å²) in [7, 11) is -7.42. The highest BCUT2D eigenvalue weighted by atomic mass is 32.2. The van der Waals surface area contributed by atoms with E-state index in [1.807, 2.05) is 6.07 Å². The number of benzene rings is 1. The lowest BCUT2D eigenvalue weighted by atomic mass is 10.2. The third kappa shape index (κ3) is 6.90. The van der Waals surface area contributed by atoms with E-state index in [-0.39, 0.29) is 26.2 Å². The summed E-state index contributed by atoms with van der Waals surface area (Å²) in [6.07, 6.45) is 0.428. The van der Waals surface area contributed by atoms with E-state index in [0.29, 0.717) is 0 Å². The fraction of sp³-hybridized carbons (Fsp3) is 0.533. The van der Waals surface area contributed by atoms with Crippen molar-refractivity contribution in [1.29, 1.82) is 0 Å². The molecule has 1 aliphatic heterocycles. The van der Waals surface area contributed by atoms with Crippen molar-refractivity contribution >= 4 is 26.3 Å². The zero-order valence-corrected chi connectivity index (χ0v) is 16.0. The molecular formula is C15H21NO8S2. The topological polar surface area (TPSA) is 116 Å². The fourth-order valence-corrected chi connectivity index (χ4v) is 3.61. The molecule has 1 heterocycles. The zero-order valence-electron chi connectivity index (χ0n) is 14.4. The third-order valence-electron chi connectivity index (χ3n) is 3.60. The Bertz CT molecular complexity index is 822. The molecule has 0 saturated carbocycles. The molecule has 1 amide bonds. The van der Waals surface area contributed by atoms with Crippen LogP contribution < -0.4 is 0 Å². The molecule has 1 aromatic carbocycles. The van der Waals surface area contributed by atoms with Crippen LogP contribution in [0.4, 0.5) is 4.79 Å². The van der Waals surface area contributed by atoms with Crippen molar-refractivity contribution in [3.8, 4) is 0 Å². The fourth-order valence-electron chi connectivity index (χ4n) is 2.58. The first kappa shape index (κ1) is 20.6. The van der Waals surface area contributed by atoms with Gasteiger partial charge in [0.25, 0.3) is 20.2 Å². The number of carbonyl (C=O) groups excluding carboxylic acids is 1. The van der Waals surface area contributed by atoms with Gasteiger partial charge < -0.3 is 9.64 Å². The summed E-state index contributed by atoms with van der Waals surface area (Å²) in [5.41, 5.74) is 0.785. The monoisotopic (exact) mass is 407 g/mol. The Morgan fingerprint density at radius 3 is 2.35 bits per heavy atom. The number of nitrogens with zero attached hydrogens (tertiary/aromatic N) is 1. The van der Waals surface area contributed by atoms with Gasteiger partial charge in [-0.2, -0.15) is 16.8 Å². The van der Waals surface area contributed by atoms with Crippen molar-refractivity contribution in [3.05, 3.63) is 35.9 Å². The number of hydrogen-bond donors (Lipinski definition) is 0. The van der Waals surface area contributed by atoms with E-state index in [1.165, 1.54) is 4.90 Å². The number of amides is 1.